The molecule has 0 saturated heterocycles. The molecule has 3 heteroatoms. The van der Waals surface area contributed by atoms with Gasteiger partial charge in [-0.3, -0.25) is 0 Å². The van der Waals surface area contributed by atoms with Crippen molar-refractivity contribution < 1.29 is 5.11 Å². The molecule has 0 heterocycles. The van der Waals surface area contributed by atoms with Crippen molar-refractivity contribution in [2.45, 2.75) is 59.4 Å². The summed E-state index contributed by atoms with van der Waals surface area (Å²) in [7, 11) is 0. The lowest BCUT2D eigenvalue weighted by Crippen LogP contribution is -2.47. The largest absolute Gasteiger partial charge is 0.396 e. The molecule has 0 aromatic rings. The van der Waals surface area contributed by atoms with E-state index in [1.807, 2.05) is 0 Å². The quantitative estimate of drug-likeness (QED) is 0.711. The summed E-state index contributed by atoms with van der Waals surface area (Å²) in [6, 6.07) is 0.682. The van der Waals surface area contributed by atoms with Crippen LogP contribution in [0.5, 0.6) is 0 Å². The summed E-state index contributed by atoms with van der Waals surface area (Å²) in [5.41, 5.74) is 0.493. The van der Waals surface area contributed by atoms with Crippen LogP contribution >= 0.6 is 0 Å². The van der Waals surface area contributed by atoms with Gasteiger partial charge in [-0.15, -0.1) is 0 Å². The average Bonchev–Trinajstić information content (AvgIpc) is 2.37. The van der Waals surface area contributed by atoms with Gasteiger partial charge in [-0.05, 0) is 50.1 Å². The molecule has 0 aromatic heterocycles. The van der Waals surface area contributed by atoms with E-state index in [9.17, 15) is 0 Å². The van der Waals surface area contributed by atoms with Crippen molar-refractivity contribution in [2.75, 3.05) is 32.8 Å². The van der Waals surface area contributed by atoms with Crippen LogP contribution < -0.4 is 5.32 Å². The van der Waals surface area contributed by atoms with Crippen molar-refractivity contribution in [2.24, 2.45) is 11.3 Å². The molecule has 2 N–H and O–H groups in total. The normalized spacial score (nSPS) is 26.8. The molecule has 19 heavy (non-hydrogen) atoms. The molecule has 0 amide bonds. The van der Waals surface area contributed by atoms with E-state index in [2.05, 4.69) is 37.9 Å². The number of rotatable bonds is 8. The second-order valence-electron chi connectivity index (χ2n) is 6.80. The lowest BCUT2D eigenvalue weighted by molar-refractivity contribution is 0.0993. The standard InChI is InChI=1S/C16H34N2O/c1-5-17-15-8-9-16(3,4)12-14(15)13-18(6-2)10-7-11-19/h14-15,17,19H,5-13H2,1-4H3. The van der Waals surface area contributed by atoms with Gasteiger partial charge in [-0.25, -0.2) is 0 Å². The Morgan fingerprint density at radius 2 is 2.05 bits per heavy atom. The van der Waals surface area contributed by atoms with E-state index < -0.39 is 0 Å². The molecule has 0 bridgehead atoms. The summed E-state index contributed by atoms with van der Waals surface area (Å²) in [6.45, 7) is 13.9. The van der Waals surface area contributed by atoms with Crippen molar-refractivity contribution >= 4 is 0 Å². The van der Waals surface area contributed by atoms with E-state index in [-0.39, 0.29) is 0 Å². The predicted molar refractivity (Wildman–Crippen MR) is 82.4 cm³/mol. The number of hydrogen-bond donors (Lipinski definition) is 2. The molecule has 0 aliphatic heterocycles. The average molecular weight is 270 g/mol. The van der Waals surface area contributed by atoms with Gasteiger partial charge in [0.15, 0.2) is 0 Å². The Morgan fingerprint density at radius 1 is 1.32 bits per heavy atom. The van der Waals surface area contributed by atoms with Gasteiger partial charge in [0, 0.05) is 25.7 Å². The summed E-state index contributed by atoms with van der Waals surface area (Å²) < 4.78 is 0. The minimum atomic E-state index is 0.309. The summed E-state index contributed by atoms with van der Waals surface area (Å²) in [5.74, 6) is 0.752. The van der Waals surface area contributed by atoms with Crippen LogP contribution in [0.1, 0.15) is 53.4 Å². The molecule has 1 aliphatic rings. The van der Waals surface area contributed by atoms with Crippen LogP contribution in [0.25, 0.3) is 0 Å². The van der Waals surface area contributed by atoms with Crippen molar-refractivity contribution in [3.05, 3.63) is 0 Å². The molecule has 3 nitrogen and oxygen atoms in total. The molecule has 114 valence electrons. The van der Waals surface area contributed by atoms with E-state index in [1.54, 1.807) is 0 Å². The maximum atomic E-state index is 9.00. The van der Waals surface area contributed by atoms with E-state index >= 15 is 0 Å². The first kappa shape index (κ1) is 16.9. The Labute approximate surface area is 119 Å². The first-order chi connectivity index (χ1) is 9.02. The molecule has 2 unspecified atom stereocenters. The van der Waals surface area contributed by atoms with Crippen LogP contribution in [0.15, 0.2) is 0 Å². The molecule has 1 fully saturated rings. The van der Waals surface area contributed by atoms with Gasteiger partial charge in [-0.1, -0.05) is 27.7 Å². The third-order valence-electron chi connectivity index (χ3n) is 4.55. The lowest BCUT2D eigenvalue weighted by atomic mass is 9.69. The van der Waals surface area contributed by atoms with Gasteiger partial charge in [0.05, 0.1) is 0 Å². The minimum Gasteiger partial charge on any atom is -0.396 e. The molecule has 1 rings (SSSR count). The Morgan fingerprint density at radius 3 is 2.63 bits per heavy atom. The first-order valence-corrected chi connectivity index (χ1v) is 8.09. The molecular weight excluding hydrogens is 236 g/mol. The first-order valence-electron chi connectivity index (χ1n) is 8.09. The number of nitrogens with one attached hydrogen (secondary N) is 1. The van der Waals surface area contributed by atoms with E-state index in [0.29, 0.717) is 18.1 Å². The Balaban J connectivity index is 2.57. The molecule has 0 spiro atoms. The second-order valence-corrected chi connectivity index (χ2v) is 6.80. The van der Waals surface area contributed by atoms with Crippen LogP contribution in [0.4, 0.5) is 0 Å². The van der Waals surface area contributed by atoms with Gasteiger partial charge in [0.1, 0.15) is 0 Å². The SMILES string of the molecule is CCNC1CCC(C)(C)CC1CN(CC)CCCO. The molecule has 0 aromatic carbocycles. The van der Waals surface area contributed by atoms with Gasteiger partial charge in [0.25, 0.3) is 0 Å². The zero-order valence-corrected chi connectivity index (χ0v) is 13.4. The van der Waals surface area contributed by atoms with Crippen molar-refractivity contribution in [1.29, 1.82) is 0 Å². The summed E-state index contributed by atoms with van der Waals surface area (Å²) >= 11 is 0. The van der Waals surface area contributed by atoms with Crippen LogP contribution in [-0.2, 0) is 0 Å². The minimum absolute atomic E-state index is 0.309. The maximum Gasteiger partial charge on any atom is 0.0443 e. The summed E-state index contributed by atoms with van der Waals surface area (Å²) in [4.78, 5) is 2.51. The molecule has 1 saturated carbocycles. The highest BCUT2D eigenvalue weighted by Gasteiger charge is 2.34. The highest BCUT2D eigenvalue weighted by Crippen LogP contribution is 2.39. The molecule has 2 atom stereocenters. The van der Waals surface area contributed by atoms with E-state index in [4.69, 9.17) is 5.11 Å². The fourth-order valence-corrected chi connectivity index (χ4v) is 3.46. The van der Waals surface area contributed by atoms with E-state index in [0.717, 1.165) is 32.0 Å². The maximum absolute atomic E-state index is 9.00. The van der Waals surface area contributed by atoms with Crippen LogP contribution in [0.2, 0.25) is 0 Å². The zero-order valence-electron chi connectivity index (χ0n) is 13.4. The lowest BCUT2D eigenvalue weighted by Gasteiger charge is -2.43. The van der Waals surface area contributed by atoms with Gasteiger partial charge in [0.2, 0.25) is 0 Å². The third kappa shape index (κ3) is 5.80. The Hall–Kier alpha value is -0.120. The van der Waals surface area contributed by atoms with Gasteiger partial charge in [-0.2, -0.15) is 0 Å². The molecular formula is C16H34N2O. The monoisotopic (exact) mass is 270 g/mol. The predicted octanol–water partition coefficient (Wildman–Crippen LogP) is 2.50. The highest BCUT2D eigenvalue weighted by atomic mass is 16.3. The molecule has 1 aliphatic carbocycles. The van der Waals surface area contributed by atoms with Crippen LogP contribution in [0, 0.1) is 11.3 Å². The number of aliphatic hydroxyl groups is 1. The van der Waals surface area contributed by atoms with Crippen LogP contribution in [0.3, 0.4) is 0 Å². The summed E-state index contributed by atoms with van der Waals surface area (Å²) in [5, 5.41) is 12.7. The van der Waals surface area contributed by atoms with Crippen molar-refractivity contribution in [3.63, 3.8) is 0 Å². The smallest absolute Gasteiger partial charge is 0.0443 e. The van der Waals surface area contributed by atoms with Crippen LogP contribution in [-0.4, -0.2) is 48.8 Å². The zero-order chi connectivity index (χ0) is 14.3. The third-order valence-corrected chi connectivity index (χ3v) is 4.55. The Bertz CT molecular complexity index is 243. The molecule has 0 radical (unpaired) electrons. The number of aliphatic hydroxyl groups excluding tert-OH is 1. The number of nitrogens with zero attached hydrogens (tertiary/aromatic N) is 1. The van der Waals surface area contributed by atoms with Crippen molar-refractivity contribution in [3.8, 4) is 0 Å². The number of hydrogen-bond acceptors (Lipinski definition) is 3. The fraction of sp³-hybridized carbons (Fsp3) is 1.00. The van der Waals surface area contributed by atoms with Gasteiger partial charge < -0.3 is 15.3 Å². The fourth-order valence-electron chi connectivity index (χ4n) is 3.46. The van der Waals surface area contributed by atoms with Crippen molar-refractivity contribution in [1.82, 2.24) is 10.2 Å². The topological polar surface area (TPSA) is 35.5 Å². The Kier molecular flexibility index (Phi) is 7.33. The summed E-state index contributed by atoms with van der Waals surface area (Å²) in [6.07, 6.45) is 4.86. The van der Waals surface area contributed by atoms with Gasteiger partial charge >= 0.3 is 0 Å². The second kappa shape index (κ2) is 8.23. The van der Waals surface area contributed by atoms with E-state index in [1.165, 1.54) is 25.8 Å². The highest BCUT2D eigenvalue weighted by molar-refractivity contribution is 4.90.